The number of benzene rings is 2. The quantitative estimate of drug-likeness (QED) is 0.551. The SMILES string of the molecule is CC(C)(Oc1ccc(Cl)cc1)C(=O)Nc1nnc(CCCc2ccccc2)s1. The topological polar surface area (TPSA) is 64.1 Å². The van der Waals surface area contributed by atoms with Crippen LogP contribution in [0.15, 0.2) is 54.6 Å². The number of hydrogen-bond acceptors (Lipinski definition) is 5. The highest BCUT2D eigenvalue weighted by molar-refractivity contribution is 7.15. The number of nitrogens with one attached hydrogen (secondary N) is 1. The molecule has 0 saturated heterocycles. The van der Waals surface area contributed by atoms with Gasteiger partial charge in [0.15, 0.2) is 5.60 Å². The molecule has 0 saturated carbocycles. The number of nitrogens with zero attached hydrogens (tertiary/aromatic N) is 2. The van der Waals surface area contributed by atoms with Crippen LogP contribution in [0.1, 0.15) is 30.8 Å². The molecule has 0 bridgehead atoms. The molecule has 0 radical (unpaired) electrons. The van der Waals surface area contributed by atoms with E-state index < -0.39 is 5.60 Å². The summed E-state index contributed by atoms with van der Waals surface area (Å²) in [5.41, 5.74) is 0.245. The van der Waals surface area contributed by atoms with Gasteiger partial charge in [0.2, 0.25) is 5.13 Å². The molecule has 0 fully saturated rings. The van der Waals surface area contributed by atoms with Gasteiger partial charge in [0.1, 0.15) is 10.8 Å². The van der Waals surface area contributed by atoms with Crippen molar-refractivity contribution in [3.63, 3.8) is 0 Å². The normalized spacial score (nSPS) is 11.2. The number of hydrogen-bond donors (Lipinski definition) is 1. The van der Waals surface area contributed by atoms with Gasteiger partial charge in [-0.25, -0.2) is 0 Å². The zero-order valence-electron chi connectivity index (χ0n) is 15.8. The highest BCUT2D eigenvalue weighted by atomic mass is 35.5. The minimum absolute atomic E-state index is 0.283. The Balaban J connectivity index is 1.51. The summed E-state index contributed by atoms with van der Waals surface area (Å²) in [5, 5.41) is 13.0. The average Bonchev–Trinajstić information content (AvgIpc) is 3.11. The van der Waals surface area contributed by atoms with Gasteiger partial charge in [-0.1, -0.05) is 53.3 Å². The van der Waals surface area contributed by atoms with Crippen LogP contribution in [-0.2, 0) is 17.6 Å². The molecule has 146 valence electrons. The molecular formula is C21H22ClN3O2S. The maximum atomic E-state index is 12.6. The summed E-state index contributed by atoms with van der Waals surface area (Å²) < 4.78 is 5.80. The lowest BCUT2D eigenvalue weighted by Crippen LogP contribution is -2.42. The van der Waals surface area contributed by atoms with E-state index in [9.17, 15) is 4.79 Å². The van der Waals surface area contributed by atoms with Crippen LogP contribution >= 0.6 is 22.9 Å². The summed E-state index contributed by atoms with van der Waals surface area (Å²) in [5.74, 6) is 0.290. The third kappa shape index (κ3) is 5.78. The first kappa shape index (κ1) is 20.3. The Labute approximate surface area is 173 Å². The molecule has 0 aliphatic heterocycles. The Morgan fingerprint density at radius 3 is 2.50 bits per heavy atom. The fourth-order valence-corrected chi connectivity index (χ4v) is 3.49. The second-order valence-electron chi connectivity index (χ2n) is 6.86. The number of halogens is 1. The minimum atomic E-state index is -1.06. The lowest BCUT2D eigenvalue weighted by atomic mass is 10.1. The van der Waals surface area contributed by atoms with Gasteiger partial charge in [-0.05, 0) is 56.5 Å². The van der Waals surface area contributed by atoms with E-state index in [1.165, 1.54) is 16.9 Å². The Bertz CT molecular complexity index is 911. The van der Waals surface area contributed by atoms with Crippen LogP contribution in [-0.4, -0.2) is 21.7 Å². The van der Waals surface area contributed by atoms with Crippen molar-refractivity contribution in [2.24, 2.45) is 0 Å². The fourth-order valence-electron chi connectivity index (χ4n) is 2.58. The molecule has 7 heteroatoms. The molecule has 0 unspecified atom stereocenters. The Morgan fingerprint density at radius 1 is 1.07 bits per heavy atom. The fraction of sp³-hybridized carbons (Fsp3) is 0.286. The summed E-state index contributed by atoms with van der Waals surface area (Å²) >= 11 is 7.27. The van der Waals surface area contributed by atoms with Crippen molar-refractivity contribution in [1.82, 2.24) is 10.2 Å². The average molecular weight is 416 g/mol. The molecule has 28 heavy (non-hydrogen) atoms. The Kier molecular flexibility index (Phi) is 6.65. The number of carbonyl (C=O) groups excluding carboxylic acids is 1. The first-order valence-corrected chi connectivity index (χ1v) is 10.2. The van der Waals surface area contributed by atoms with Crippen molar-refractivity contribution in [3.8, 4) is 5.75 Å². The molecule has 5 nitrogen and oxygen atoms in total. The van der Waals surface area contributed by atoms with Crippen molar-refractivity contribution < 1.29 is 9.53 Å². The lowest BCUT2D eigenvalue weighted by molar-refractivity contribution is -0.128. The van der Waals surface area contributed by atoms with Crippen LogP contribution in [0.25, 0.3) is 0 Å². The molecule has 1 heterocycles. The van der Waals surface area contributed by atoms with Gasteiger partial charge in [-0.15, -0.1) is 10.2 Å². The summed E-state index contributed by atoms with van der Waals surface area (Å²) in [6, 6.07) is 17.2. The number of aryl methyl sites for hydroxylation is 2. The van der Waals surface area contributed by atoms with Crippen molar-refractivity contribution in [2.75, 3.05) is 5.32 Å². The summed E-state index contributed by atoms with van der Waals surface area (Å²) in [4.78, 5) is 12.6. The van der Waals surface area contributed by atoms with Gasteiger partial charge >= 0.3 is 0 Å². The van der Waals surface area contributed by atoms with Crippen LogP contribution in [0, 0.1) is 0 Å². The third-order valence-electron chi connectivity index (χ3n) is 4.12. The largest absolute Gasteiger partial charge is 0.478 e. The monoisotopic (exact) mass is 415 g/mol. The number of ether oxygens (including phenoxy) is 1. The second kappa shape index (κ2) is 9.17. The molecule has 3 rings (SSSR count). The maximum Gasteiger partial charge on any atom is 0.269 e. The van der Waals surface area contributed by atoms with E-state index in [-0.39, 0.29) is 5.91 Å². The van der Waals surface area contributed by atoms with Crippen molar-refractivity contribution in [2.45, 2.75) is 38.7 Å². The van der Waals surface area contributed by atoms with E-state index in [2.05, 4.69) is 27.6 Å². The molecule has 1 amide bonds. The number of rotatable bonds is 8. The van der Waals surface area contributed by atoms with Crippen molar-refractivity contribution in [3.05, 3.63) is 70.2 Å². The van der Waals surface area contributed by atoms with E-state index in [1.54, 1.807) is 38.1 Å². The molecule has 3 aromatic rings. The smallest absolute Gasteiger partial charge is 0.269 e. The molecule has 1 aromatic heterocycles. The predicted molar refractivity (Wildman–Crippen MR) is 113 cm³/mol. The van der Waals surface area contributed by atoms with Crippen LogP contribution in [0.2, 0.25) is 5.02 Å². The van der Waals surface area contributed by atoms with Gasteiger partial charge < -0.3 is 4.74 Å². The van der Waals surface area contributed by atoms with Gasteiger partial charge in [0.25, 0.3) is 5.91 Å². The van der Waals surface area contributed by atoms with E-state index in [4.69, 9.17) is 16.3 Å². The molecule has 1 N–H and O–H groups in total. The zero-order chi connectivity index (χ0) is 20.0. The molecular weight excluding hydrogens is 394 g/mol. The molecule has 2 aromatic carbocycles. The standard InChI is InChI=1S/C21H22ClN3O2S/c1-21(2,27-17-13-11-16(22)12-14-17)19(26)23-20-25-24-18(28-20)10-6-9-15-7-4-3-5-8-15/h3-5,7-8,11-14H,6,9-10H2,1-2H3,(H,23,25,26). The Morgan fingerprint density at radius 2 is 1.79 bits per heavy atom. The molecule has 0 spiro atoms. The van der Waals surface area contributed by atoms with Crippen LogP contribution in [0.5, 0.6) is 5.75 Å². The lowest BCUT2D eigenvalue weighted by Gasteiger charge is -2.24. The van der Waals surface area contributed by atoms with Crippen molar-refractivity contribution in [1.29, 1.82) is 0 Å². The highest BCUT2D eigenvalue weighted by Gasteiger charge is 2.31. The van der Waals surface area contributed by atoms with E-state index in [1.807, 2.05) is 18.2 Å². The van der Waals surface area contributed by atoms with E-state index >= 15 is 0 Å². The van der Waals surface area contributed by atoms with Gasteiger partial charge in [-0.3, -0.25) is 10.1 Å². The summed E-state index contributed by atoms with van der Waals surface area (Å²) in [6.07, 6.45) is 2.80. The first-order chi connectivity index (χ1) is 13.4. The molecule has 0 atom stereocenters. The maximum absolute atomic E-state index is 12.6. The zero-order valence-corrected chi connectivity index (χ0v) is 17.4. The van der Waals surface area contributed by atoms with Gasteiger partial charge in [0, 0.05) is 11.4 Å². The molecule has 0 aliphatic carbocycles. The van der Waals surface area contributed by atoms with E-state index in [0.29, 0.717) is 15.9 Å². The number of carbonyl (C=O) groups is 1. The minimum Gasteiger partial charge on any atom is -0.478 e. The summed E-state index contributed by atoms with van der Waals surface area (Å²) in [7, 11) is 0. The summed E-state index contributed by atoms with van der Waals surface area (Å²) in [6.45, 7) is 3.41. The highest BCUT2D eigenvalue weighted by Crippen LogP contribution is 2.23. The van der Waals surface area contributed by atoms with Crippen LogP contribution < -0.4 is 10.1 Å². The number of amides is 1. The number of anilines is 1. The second-order valence-corrected chi connectivity index (χ2v) is 8.36. The Hall–Kier alpha value is -2.44. The van der Waals surface area contributed by atoms with E-state index in [0.717, 1.165) is 24.3 Å². The van der Waals surface area contributed by atoms with Gasteiger partial charge in [-0.2, -0.15) is 0 Å². The number of aromatic nitrogens is 2. The van der Waals surface area contributed by atoms with Crippen molar-refractivity contribution >= 4 is 34.0 Å². The van der Waals surface area contributed by atoms with Crippen LogP contribution in [0.4, 0.5) is 5.13 Å². The molecule has 0 aliphatic rings. The first-order valence-electron chi connectivity index (χ1n) is 9.05. The third-order valence-corrected chi connectivity index (χ3v) is 5.27. The van der Waals surface area contributed by atoms with Crippen LogP contribution in [0.3, 0.4) is 0 Å². The predicted octanol–water partition coefficient (Wildman–Crippen LogP) is 5.16. The van der Waals surface area contributed by atoms with Gasteiger partial charge in [0.05, 0.1) is 0 Å².